The quantitative estimate of drug-likeness (QED) is 0.874. The molecule has 126 valence electrons. The summed E-state index contributed by atoms with van der Waals surface area (Å²) in [5, 5.41) is 5.09. The van der Waals surface area contributed by atoms with E-state index in [1.165, 1.54) is 29.3 Å². The van der Waals surface area contributed by atoms with Gasteiger partial charge in [0.1, 0.15) is 11.9 Å². The fourth-order valence-corrected chi connectivity index (χ4v) is 3.48. The molecule has 0 radical (unpaired) electrons. The number of anilines is 1. The zero-order chi connectivity index (χ0) is 17.1. The molecule has 0 saturated carbocycles. The third kappa shape index (κ3) is 3.77. The van der Waals surface area contributed by atoms with E-state index in [1.807, 2.05) is 13.0 Å². The number of hydrogen-bond donors (Lipinski definition) is 2. The number of nitrogens with one attached hydrogen (secondary N) is 1. The highest BCUT2D eigenvalue weighted by Crippen LogP contribution is 2.27. The van der Waals surface area contributed by atoms with E-state index in [-0.39, 0.29) is 17.0 Å². The van der Waals surface area contributed by atoms with Crippen molar-refractivity contribution in [2.75, 3.05) is 5.32 Å². The summed E-state index contributed by atoms with van der Waals surface area (Å²) in [5.41, 5.74) is 3.13. The first-order chi connectivity index (χ1) is 11.5. The van der Waals surface area contributed by atoms with Gasteiger partial charge in [-0.05, 0) is 43.5 Å². The first-order valence-corrected chi connectivity index (χ1v) is 8.61. The van der Waals surface area contributed by atoms with E-state index in [2.05, 4.69) is 28.8 Å². The minimum absolute atomic E-state index is 0.133. The molecule has 2 aromatic carbocycles. The van der Waals surface area contributed by atoms with Crippen LogP contribution in [0.5, 0.6) is 0 Å². The minimum Gasteiger partial charge on any atom is -0.330 e. The summed E-state index contributed by atoms with van der Waals surface area (Å²) in [7, 11) is 0. The zero-order valence-electron chi connectivity index (χ0n) is 13.6. The highest BCUT2D eigenvalue weighted by molar-refractivity contribution is 6.33. The highest BCUT2D eigenvalue weighted by atomic mass is 35.5. The Hall–Kier alpha value is -1.91. The van der Waals surface area contributed by atoms with Crippen molar-refractivity contribution < 1.29 is 14.5 Å². The van der Waals surface area contributed by atoms with E-state index in [1.54, 1.807) is 0 Å². The molecule has 3 N–H and O–H groups in total. The number of rotatable bonds is 4. The molecule has 0 spiro atoms. The van der Waals surface area contributed by atoms with Crippen molar-refractivity contribution in [1.82, 2.24) is 0 Å². The SMILES string of the molecule is C[C@H]([NH2+][C@H]1CCCc2ccccc21)C(=O)Nc1ccc(F)cc1Cl. The van der Waals surface area contributed by atoms with Crippen molar-refractivity contribution >= 4 is 23.2 Å². The van der Waals surface area contributed by atoms with Crippen LogP contribution in [0.1, 0.15) is 36.9 Å². The van der Waals surface area contributed by atoms with E-state index in [0.717, 1.165) is 19.3 Å². The van der Waals surface area contributed by atoms with Gasteiger partial charge in [-0.3, -0.25) is 4.79 Å². The number of amides is 1. The standard InChI is InChI=1S/C19H20ClFN2O/c1-12(19(24)23-18-10-9-14(21)11-16(18)20)22-17-8-4-6-13-5-2-3-7-15(13)17/h2-3,5,7,9-12,17,22H,4,6,8H2,1H3,(H,23,24)/p+1/t12-,17-/m0/s1. The molecule has 24 heavy (non-hydrogen) atoms. The number of benzene rings is 2. The monoisotopic (exact) mass is 347 g/mol. The van der Waals surface area contributed by atoms with Crippen LogP contribution in [0.15, 0.2) is 42.5 Å². The lowest BCUT2D eigenvalue weighted by molar-refractivity contribution is -0.714. The molecule has 0 unspecified atom stereocenters. The molecule has 0 aliphatic heterocycles. The number of halogens is 2. The van der Waals surface area contributed by atoms with Gasteiger partial charge in [-0.15, -0.1) is 0 Å². The maximum absolute atomic E-state index is 13.1. The maximum atomic E-state index is 13.1. The van der Waals surface area contributed by atoms with Crippen molar-refractivity contribution in [2.24, 2.45) is 0 Å². The van der Waals surface area contributed by atoms with Crippen LogP contribution in [0.25, 0.3) is 0 Å². The van der Waals surface area contributed by atoms with Crippen LogP contribution in [0.2, 0.25) is 5.02 Å². The number of carbonyl (C=O) groups excluding carboxylic acids is 1. The molecule has 5 heteroatoms. The van der Waals surface area contributed by atoms with Gasteiger partial charge in [0.25, 0.3) is 5.91 Å². The summed E-state index contributed by atoms with van der Waals surface area (Å²) >= 11 is 5.97. The minimum atomic E-state index is -0.420. The Morgan fingerprint density at radius 2 is 2.12 bits per heavy atom. The van der Waals surface area contributed by atoms with Crippen LogP contribution < -0.4 is 10.6 Å². The predicted molar refractivity (Wildman–Crippen MR) is 93.5 cm³/mol. The van der Waals surface area contributed by atoms with Gasteiger partial charge in [0, 0.05) is 12.0 Å². The molecule has 1 aliphatic carbocycles. The third-order valence-corrected chi connectivity index (χ3v) is 4.85. The number of carbonyl (C=O) groups is 1. The number of nitrogens with two attached hydrogens (primary N) is 1. The highest BCUT2D eigenvalue weighted by Gasteiger charge is 2.27. The zero-order valence-corrected chi connectivity index (χ0v) is 14.3. The molecule has 0 saturated heterocycles. The van der Waals surface area contributed by atoms with Gasteiger partial charge < -0.3 is 10.6 Å². The first-order valence-electron chi connectivity index (χ1n) is 8.23. The lowest BCUT2D eigenvalue weighted by Gasteiger charge is -2.26. The Morgan fingerprint density at radius 1 is 1.33 bits per heavy atom. The van der Waals surface area contributed by atoms with Gasteiger partial charge in [-0.1, -0.05) is 35.9 Å². The van der Waals surface area contributed by atoms with E-state index >= 15 is 0 Å². The fourth-order valence-electron chi connectivity index (χ4n) is 3.26. The average Bonchev–Trinajstić information content (AvgIpc) is 2.57. The molecule has 3 nitrogen and oxygen atoms in total. The van der Waals surface area contributed by atoms with E-state index in [9.17, 15) is 9.18 Å². The van der Waals surface area contributed by atoms with Crippen molar-refractivity contribution in [1.29, 1.82) is 0 Å². The van der Waals surface area contributed by atoms with Gasteiger partial charge in [0.2, 0.25) is 0 Å². The second-order valence-corrected chi connectivity index (χ2v) is 6.70. The molecular weight excluding hydrogens is 327 g/mol. The van der Waals surface area contributed by atoms with Crippen molar-refractivity contribution in [3.63, 3.8) is 0 Å². The Balaban J connectivity index is 1.67. The summed E-state index contributed by atoms with van der Waals surface area (Å²) in [6.45, 7) is 1.88. The summed E-state index contributed by atoms with van der Waals surface area (Å²) in [4.78, 5) is 12.4. The molecular formula is C19H21ClFN2O+. The number of hydrogen-bond acceptors (Lipinski definition) is 1. The van der Waals surface area contributed by atoms with Crippen LogP contribution in [-0.4, -0.2) is 11.9 Å². The molecule has 3 rings (SSSR count). The molecule has 2 aromatic rings. The Bertz CT molecular complexity index is 750. The average molecular weight is 348 g/mol. The first kappa shape index (κ1) is 16.9. The summed E-state index contributed by atoms with van der Waals surface area (Å²) < 4.78 is 13.1. The van der Waals surface area contributed by atoms with Crippen molar-refractivity contribution in [3.8, 4) is 0 Å². The number of quaternary nitrogens is 1. The summed E-state index contributed by atoms with van der Waals surface area (Å²) in [6.07, 6.45) is 3.30. The molecule has 1 aliphatic rings. The maximum Gasteiger partial charge on any atom is 0.282 e. The molecule has 0 heterocycles. The lowest BCUT2D eigenvalue weighted by Crippen LogP contribution is -2.92. The van der Waals surface area contributed by atoms with Crippen LogP contribution >= 0.6 is 11.6 Å². The Labute approximate surface area is 146 Å². The second kappa shape index (κ2) is 7.32. The van der Waals surface area contributed by atoms with Crippen LogP contribution in [-0.2, 0) is 11.2 Å². The van der Waals surface area contributed by atoms with Gasteiger partial charge in [-0.25, -0.2) is 4.39 Å². The summed E-state index contributed by atoms with van der Waals surface area (Å²) in [5.74, 6) is -0.553. The number of aryl methyl sites for hydroxylation is 1. The Kier molecular flexibility index (Phi) is 5.17. The Morgan fingerprint density at radius 3 is 2.92 bits per heavy atom. The van der Waals surface area contributed by atoms with E-state index in [0.29, 0.717) is 11.7 Å². The summed E-state index contributed by atoms with van der Waals surface area (Å²) in [6, 6.07) is 12.4. The predicted octanol–water partition coefficient (Wildman–Crippen LogP) is 3.45. The van der Waals surface area contributed by atoms with Crippen molar-refractivity contribution in [2.45, 2.75) is 38.3 Å². The topological polar surface area (TPSA) is 45.7 Å². The normalized spacial score (nSPS) is 17.9. The largest absolute Gasteiger partial charge is 0.330 e. The smallest absolute Gasteiger partial charge is 0.282 e. The van der Waals surface area contributed by atoms with Gasteiger partial charge >= 0.3 is 0 Å². The van der Waals surface area contributed by atoms with Crippen LogP contribution in [0.4, 0.5) is 10.1 Å². The van der Waals surface area contributed by atoms with Crippen molar-refractivity contribution in [3.05, 3.63) is 64.4 Å². The second-order valence-electron chi connectivity index (χ2n) is 6.29. The van der Waals surface area contributed by atoms with Gasteiger partial charge in [0.15, 0.2) is 6.04 Å². The molecule has 0 aromatic heterocycles. The third-order valence-electron chi connectivity index (χ3n) is 4.54. The van der Waals surface area contributed by atoms with E-state index in [4.69, 9.17) is 11.6 Å². The van der Waals surface area contributed by atoms with Gasteiger partial charge in [0.05, 0.1) is 10.7 Å². The lowest BCUT2D eigenvalue weighted by atomic mass is 9.87. The molecule has 1 amide bonds. The molecule has 0 bridgehead atoms. The van der Waals surface area contributed by atoms with Gasteiger partial charge in [-0.2, -0.15) is 0 Å². The van der Waals surface area contributed by atoms with E-state index < -0.39 is 5.82 Å². The van der Waals surface area contributed by atoms with Crippen LogP contribution in [0, 0.1) is 5.82 Å². The molecule has 0 fully saturated rings. The fraction of sp³-hybridized carbons (Fsp3) is 0.316. The molecule has 2 atom stereocenters. The van der Waals surface area contributed by atoms with Crippen LogP contribution in [0.3, 0.4) is 0 Å². The number of fused-ring (bicyclic) bond motifs is 1.